The quantitative estimate of drug-likeness (QED) is 0.531. The molecule has 1 atom stereocenters. The number of anilines is 1. The summed E-state index contributed by atoms with van der Waals surface area (Å²) in [5.41, 5.74) is 0.180. The molecule has 1 aliphatic heterocycles. The van der Waals surface area contributed by atoms with Crippen LogP contribution in [0, 0.1) is 10.1 Å². The number of rotatable bonds is 3. The Balaban J connectivity index is 1.80. The number of amides is 1. The molecule has 1 amide bonds. The van der Waals surface area contributed by atoms with Crippen molar-refractivity contribution in [2.45, 2.75) is 18.9 Å². The highest BCUT2D eigenvalue weighted by Gasteiger charge is 2.42. The van der Waals surface area contributed by atoms with Crippen LogP contribution in [0.1, 0.15) is 22.8 Å². The third-order valence-corrected chi connectivity index (χ3v) is 3.90. The molecule has 0 aliphatic carbocycles. The Kier molecular flexibility index (Phi) is 3.76. The van der Waals surface area contributed by atoms with Crippen molar-refractivity contribution in [2.75, 3.05) is 5.32 Å². The van der Waals surface area contributed by atoms with Gasteiger partial charge in [-0.05, 0) is 30.7 Å². The number of fused-ring (bicyclic) bond motifs is 1. The molecule has 0 radical (unpaired) electrons. The topological polar surface area (TPSA) is 98.5 Å². The normalized spacial score (nSPS) is 19.1. The van der Waals surface area contributed by atoms with Crippen LogP contribution in [0.15, 0.2) is 48.5 Å². The van der Waals surface area contributed by atoms with Gasteiger partial charge in [0, 0.05) is 24.2 Å². The molecular weight excluding hydrogens is 312 g/mol. The minimum Gasteiger partial charge on any atom is -0.445 e. The van der Waals surface area contributed by atoms with Gasteiger partial charge >= 0.3 is 5.97 Å². The zero-order valence-electron chi connectivity index (χ0n) is 12.8. The van der Waals surface area contributed by atoms with E-state index < -0.39 is 22.4 Å². The number of ether oxygens (including phenoxy) is 1. The molecule has 7 heteroatoms. The predicted octanol–water partition coefficient (Wildman–Crippen LogP) is 2.71. The van der Waals surface area contributed by atoms with Crippen LogP contribution in [0.4, 0.5) is 11.4 Å². The van der Waals surface area contributed by atoms with E-state index in [-0.39, 0.29) is 12.1 Å². The molecule has 0 bridgehead atoms. The lowest BCUT2D eigenvalue weighted by atomic mass is 9.89. The van der Waals surface area contributed by atoms with E-state index in [4.69, 9.17) is 4.74 Å². The molecule has 2 aromatic rings. The van der Waals surface area contributed by atoms with Gasteiger partial charge in [-0.15, -0.1) is 0 Å². The van der Waals surface area contributed by atoms with Gasteiger partial charge in [0.25, 0.3) is 11.6 Å². The second-order valence-electron chi connectivity index (χ2n) is 5.71. The zero-order chi connectivity index (χ0) is 17.3. The summed E-state index contributed by atoms with van der Waals surface area (Å²) >= 11 is 0. The molecule has 0 saturated heterocycles. The second-order valence-corrected chi connectivity index (χ2v) is 5.71. The molecule has 1 unspecified atom stereocenters. The minimum absolute atomic E-state index is 0.0720. The molecule has 122 valence electrons. The Hall–Kier alpha value is -3.22. The predicted molar refractivity (Wildman–Crippen MR) is 85.7 cm³/mol. The fraction of sp³-hybridized carbons (Fsp3) is 0.176. The molecule has 0 fully saturated rings. The molecule has 1 heterocycles. The summed E-state index contributed by atoms with van der Waals surface area (Å²) in [6.07, 6.45) is 0.258. The van der Waals surface area contributed by atoms with Crippen LogP contribution < -0.4 is 5.32 Å². The van der Waals surface area contributed by atoms with E-state index in [0.717, 1.165) is 5.56 Å². The van der Waals surface area contributed by atoms with Crippen LogP contribution in [0.2, 0.25) is 0 Å². The Morgan fingerprint density at radius 2 is 1.88 bits per heavy atom. The van der Waals surface area contributed by atoms with E-state index >= 15 is 0 Å². The number of carbonyl (C=O) groups is 2. The summed E-state index contributed by atoms with van der Waals surface area (Å²) in [5, 5.41) is 13.3. The molecule has 7 nitrogen and oxygen atoms in total. The Bertz CT molecular complexity index is 831. The SMILES string of the molecule is CC1(C(=O)Nc2ccc([N+](=O)[O-])cc2)Cc2ccccc2C(=O)O1. The number of esters is 1. The molecule has 0 saturated carbocycles. The van der Waals surface area contributed by atoms with Crippen LogP contribution in [-0.2, 0) is 16.0 Å². The highest BCUT2D eigenvalue weighted by molar-refractivity contribution is 6.02. The van der Waals surface area contributed by atoms with Crippen molar-refractivity contribution in [3.05, 3.63) is 69.8 Å². The van der Waals surface area contributed by atoms with E-state index in [1.54, 1.807) is 31.2 Å². The number of non-ortho nitro benzene ring substituents is 1. The van der Waals surface area contributed by atoms with E-state index in [2.05, 4.69) is 5.32 Å². The molecule has 1 N–H and O–H groups in total. The number of hydrogen-bond donors (Lipinski definition) is 1. The van der Waals surface area contributed by atoms with Crippen molar-refractivity contribution < 1.29 is 19.2 Å². The zero-order valence-corrected chi connectivity index (χ0v) is 12.8. The number of hydrogen-bond acceptors (Lipinski definition) is 5. The van der Waals surface area contributed by atoms with Crippen LogP contribution >= 0.6 is 0 Å². The van der Waals surface area contributed by atoms with E-state index in [1.165, 1.54) is 24.3 Å². The maximum absolute atomic E-state index is 12.5. The molecule has 0 aromatic heterocycles. The summed E-state index contributed by atoms with van der Waals surface area (Å²) in [4.78, 5) is 34.8. The van der Waals surface area contributed by atoms with Gasteiger partial charge in [-0.2, -0.15) is 0 Å². The highest BCUT2D eigenvalue weighted by Crippen LogP contribution is 2.29. The smallest absolute Gasteiger partial charge is 0.339 e. The molecule has 1 aliphatic rings. The number of carbonyl (C=O) groups excluding carboxylic acids is 2. The molecule has 3 rings (SSSR count). The van der Waals surface area contributed by atoms with Crippen molar-refractivity contribution in [3.63, 3.8) is 0 Å². The summed E-state index contributed by atoms with van der Waals surface area (Å²) in [7, 11) is 0. The summed E-state index contributed by atoms with van der Waals surface area (Å²) in [5.74, 6) is -1.03. The number of nitro groups is 1. The van der Waals surface area contributed by atoms with Crippen molar-refractivity contribution in [2.24, 2.45) is 0 Å². The summed E-state index contributed by atoms with van der Waals surface area (Å²) in [6, 6.07) is 12.4. The maximum Gasteiger partial charge on any atom is 0.339 e. The fourth-order valence-electron chi connectivity index (χ4n) is 2.59. The number of nitro benzene ring substituents is 1. The Morgan fingerprint density at radius 1 is 1.21 bits per heavy atom. The number of nitrogens with one attached hydrogen (secondary N) is 1. The number of cyclic esters (lactones) is 1. The van der Waals surface area contributed by atoms with E-state index in [0.29, 0.717) is 11.3 Å². The monoisotopic (exact) mass is 326 g/mol. The van der Waals surface area contributed by atoms with Crippen LogP contribution in [-0.4, -0.2) is 22.4 Å². The molecule has 24 heavy (non-hydrogen) atoms. The fourth-order valence-corrected chi connectivity index (χ4v) is 2.59. The first-order valence-corrected chi connectivity index (χ1v) is 7.26. The van der Waals surface area contributed by atoms with Gasteiger partial charge < -0.3 is 10.1 Å². The van der Waals surface area contributed by atoms with Gasteiger partial charge in [0.2, 0.25) is 0 Å². The van der Waals surface area contributed by atoms with Crippen molar-refractivity contribution in [1.29, 1.82) is 0 Å². The minimum atomic E-state index is -1.34. The largest absolute Gasteiger partial charge is 0.445 e. The lowest BCUT2D eigenvalue weighted by Gasteiger charge is -2.33. The van der Waals surface area contributed by atoms with Gasteiger partial charge in [-0.25, -0.2) is 4.79 Å². The van der Waals surface area contributed by atoms with Gasteiger partial charge in [0.1, 0.15) is 0 Å². The average molecular weight is 326 g/mol. The third-order valence-electron chi connectivity index (χ3n) is 3.90. The number of nitrogens with zero attached hydrogens (tertiary/aromatic N) is 1. The van der Waals surface area contributed by atoms with Crippen LogP contribution in [0.3, 0.4) is 0 Å². The molecular formula is C17H14N2O5. The molecule has 0 spiro atoms. The summed E-state index contributed by atoms with van der Waals surface area (Å²) < 4.78 is 5.34. The van der Waals surface area contributed by atoms with Gasteiger partial charge in [-0.1, -0.05) is 18.2 Å². The average Bonchev–Trinajstić information content (AvgIpc) is 2.55. The van der Waals surface area contributed by atoms with Crippen LogP contribution in [0.25, 0.3) is 0 Å². The van der Waals surface area contributed by atoms with Crippen LogP contribution in [0.5, 0.6) is 0 Å². The maximum atomic E-state index is 12.5. The first-order valence-electron chi connectivity index (χ1n) is 7.26. The highest BCUT2D eigenvalue weighted by atomic mass is 16.6. The van der Waals surface area contributed by atoms with Gasteiger partial charge in [-0.3, -0.25) is 14.9 Å². The van der Waals surface area contributed by atoms with E-state index in [9.17, 15) is 19.7 Å². The first kappa shape index (κ1) is 15.7. The van der Waals surface area contributed by atoms with Crippen molar-refractivity contribution in [1.82, 2.24) is 0 Å². The summed E-state index contributed by atoms with van der Waals surface area (Å²) in [6.45, 7) is 1.54. The Labute approximate surface area is 137 Å². The second kappa shape index (κ2) is 5.77. The lowest BCUT2D eigenvalue weighted by molar-refractivity contribution is -0.384. The van der Waals surface area contributed by atoms with Gasteiger partial charge in [0.05, 0.1) is 10.5 Å². The van der Waals surface area contributed by atoms with E-state index in [1.807, 2.05) is 0 Å². The first-order chi connectivity index (χ1) is 11.4. The Morgan fingerprint density at radius 3 is 2.54 bits per heavy atom. The lowest BCUT2D eigenvalue weighted by Crippen LogP contribution is -2.48. The molecule has 2 aromatic carbocycles. The van der Waals surface area contributed by atoms with Gasteiger partial charge in [0.15, 0.2) is 5.60 Å². The van der Waals surface area contributed by atoms with Crippen molar-refractivity contribution >= 4 is 23.3 Å². The standard InChI is InChI=1S/C17H14N2O5/c1-17(10-11-4-2-3-5-14(11)15(20)24-17)16(21)18-12-6-8-13(9-7-12)19(22)23/h2-9H,10H2,1H3,(H,18,21). The number of benzene rings is 2. The third kappa shape index (κ3) is 2.83. The van der Waals surface area contributed by atoms with Crippen molar-refractivity contribution in [3.8, 4) is 0 Å².